The molecule has 2 fully saturated rings. The van der Waals surface area contributed by atoms with Gasteiger partial charge in [-0.15, -0.1) is 0 Å². The summed E-state index contributed by atoms with van der Waals surface area (Å²) in [4.78, 5) is 28.8. The number of rotatable bonds is 7. The van der Waals surface area contributed by atoms with Crippen molar-refractivity contribution in [3.63, 3.8) is 0 Å². The van der Waals surface area contributed by atoms with E-state index in [1.54, 1.807) is 7.11 Å². The Bertz CT molecular complexity index is 668. The van der Waals surface area contributed by atoms with Gasteiger partial charge in [-0.25, -0.2) is 0 Å². The van der Waals surface area contributed by atoms with Crippen molar-refractivity contribution in [3.05, 3.63) is 29.8 Å². The molecule has 1 unspecified atom stereocenters. The zero-order valence-electron chi connectivity index (χ0n) is 17.9. The minimum Gasteiger partial charge on any atom is -0.497 e. The zero-order valence-corrected chi connectivity index (χ0v) is 17.9. The van der Waals surface area contributed by atoms with E-state index in [-0.39, 0.29) is 17.7 Å². The number of benzene rings is 1. The summed E-state index contributed by atoms with van der Waals surface area (Å²) in [5.41, 5.74) is 1.31. The summed E-state index contributed by atoms with van der Waals surface area (Å²) in [5, 5.41) is 3.17. The first-order valence-corrected chi connectivity index (χ1v) is 11.0. The highest BCUT2D eigenvalue weighted by Crippen LogP contribution is 2.21. The van der Waals surface area contributed by atoms with Crippen LogP contribution in [-0.4, -0.2) is 61.4 Å². The fourth-order valence-corrected chi connectivity index (χ4v) is 4.37. The first-order chi connectivity index (χ1) is 14.1. The Hall–Kier alpha value is -2.08. The number of hydrogen-bond donors (Lipinski definition) is 1. The predicted octanol–water partition coefficient (Wildman–Crippen LogP) is 2.67. The van der Waals surface area contributed by atoms with Crippen molar-refractivity contribution in [1.82, 2.24) is 15.1 Å². The Morgan fingerprint density at radius 1 is 1.10 bits per heavy atom. The normalized spacial score (nSPS) is 21.0. The summed E-state index contributed by atoms with van der Waals surface area (Å²) in [6.07, 6.45) is 4.56. The smallest absolute Gasteiger partial charge is 0.224 e. The Kier molecular flexibility index (Phi) is 7.92. The lowest BCUT2D eigenvalue weighted by atomic mass is 9.94. The number of hydrogen-bond acceptors (Lipinski definition) is 4. The van der Waals surface area contributed by atoms with Crippen molar-refractivity contribution in [3.8, 4) is 5.75 Å². The topological polar surface area (TPSA) is 61.9 Å². The fraction of sp³-hybridized carbons (Fsp3) is 0.652. The van der Waals surface area contributed by atoms with Gasteiger partial charge < -0.3 is 15.0 Å². The molecule has 1 aromatic carbocycles. The highest BCUT2D eigenvalue weighted by atomic mass is 16.5. The third-order valence-electron chi connectivity index (χ3n) is 6.28. The van der Waals surface area contributed by atoms with Crippen LogP contribution in [0.15, 0.2) is 24.3 Å². The molecular formula is C23H35N3O3. The average molecular weight is 402 g/mol. The molecule has 1 aromatic rings. The molecule has 2 aliphatic heterocycles. The summed E-state index contributed by atoms with van der Waals surface area (Å²) in [6, 6.07) is 8.28. The van der Waals surface area contributed by atoms with Crippen LogP contribution in [0.1, 0.15) is 44.6 Å². The molecule has 2 amide bonds. The number of piperidine rings is 2. The highest BCUT2D eigenvalue weighted by Gasteiger charge is 2.28. The molecule has 0 radical (unpaired) electrons. The second-order valence-electron chi connectivity index (χ2n) is 8.35. The van der Waals surface area contributed by atoms with Crippen LogP contribution in [0.5, 0.6) is 5.75 Å². The van der Waals surface area contributed by atoms with Crippen LogP contribution in [-0.2, 0) is 16.1 Å². The molecule has 2 aliphatic rings. The van der Waals surface area contributed by atoms with Gasteiger partial charge in [-0.3, -0.25) is 14.5 Å². The third kappa shape index (κ3) is 6.20. The van der Waals surface area contributed by atoms with Crippen LogP contribution < -0.4 is 10.1 Å². The van der Waals surface area contributed by atoms with E-state index in [9.17, 15) is 9.59 Å². The van der Waals surface area contributed by atoms with Crippen molar-refractivity contribution in [1.29, 1.82) is 0 Å². The third-order valence-corrected chi connectivity index (χ3v) is 6.28. The zero-order chi connectivity index (χ0) is 20.6. The standard InChI is InChI=1S/C23H35N3O3/c1-3-22(27)26-12-4-5-20(17-26)23(28)24-15-18-10-13-25(14-11-18)16-19-6-8-21(29-2)9-7-19/h6-9,18,20H,3-5,10-17H2,1-2H3,(H,24,28). The van der Waals surface area contributed by atoms with Crippen molar-refractivity contribution < 1.29 is 14.3 Å². The predicted molar refractivity (Wildman–Crippen MR) is 114 cm³/mol. The van der Waals surface area contributed by atoms with Crippen molar-refractivity contribution >= 4 is 11.8 Å². The van der Waals surface area contributed by atoms with Crippen LogP contribution >= 0.6 is 0 Å². The summed E-state index contributed by atoms with van der Waals surface area (Å²) in [6.45, 7) is 7.11. The second kappa shape index (κ2) is 10.6. The Labute approximate surface area is 174 Å². The van der Waals surface area contributed by atoms with Crippen LogP contribution in [0.2, 0.25) is 0 Å². The van der Waals surface area contributed by atoms with Crippen LogP contribution in [0.3, 0.4) is 0 Å². The number of amides is 2. The van der Waals surface area contributed by atoms with Gasteiger partial charge in [-0.05, 0) is 62.4 Å². The van der Waals surface area contributed by atoms with E-state index in [2.05, 4.69) is 22.3 Å². The summed E-state index contributed by atoms with van der Waals surface area (Å²) >= 11 is 0. The molecule has 0 bridgehead atoms. The molecular weight excluding hydrogens is 366 g/mol. The van der Waals surface area contributed by atoms with E-state index < -0.39 is 0 Å². The van der Waals surface area contributed by atoms with Crippen LogP contribution in [0.25, 0.3) is 0 Å². The monoisotopic (exact) mass is 401 g/mol. The summed E-state index contributed by atoms with van der Waals surface area (Å²) in [5.74, 6) is 1.67. The molecule has 6 nitrogen and oxygen atoms in total. The SMILES string of the molecule is CCC(=O)N1CCCC(C(=O)NCC2CCN(Cc3ccc(OC)cc3)CC2)C1. The van der Waals surface area contributed by atoms with E-state index in [0.717, 1.165) is 64.2 Å². The molecule has 0 spiro atoms. The number of carbonyl (C=O) groups is 2. The van der Waals surface area contributed by atoms with Gasteiger partial charge in [0.25, 0.3) is 0 Å². The number of carbonyl (C=O) groups excluding carboxylic acids is 2. The largest absolute Gasteiger partial charge is 0.497 e. The van der Waals surface area contributed by atoms with Crippen molar-refractivity contribution in [2.24, 2.45) is 11.8 Å². The molecule has 0 saturated carbocycles. The van der Waals surface area contributed by atoms with E-state index in [0.29, 0.717) is 18.9 Å². The van der Waals surface area contributed by atoms with Gasteiger partial charge in [0.05, 0.1) is 13.0 Å². The van der Waals surface area contributed by atoms with Gasteiger partial charge in [0.15, 0.2) is 0 Å². The Balaban J connectivity index is 1.37. The second-order valence-corrected chi connectivity index (χ2v) is 8.35. The molecule has 0 aliphatic carbocycles. The fourth-order valence-electron chi connectivity index (χ4n) is 4.37. The number of ether oxygens (including phenoxy) is 1. The Morgan fingerprint density at radius 2 is 1.83 bits per heavy atom. The van der Waals surface area contributed by atoms with E-state index >= 15 is 0 Å². The van der Waals surface area contributed by atoms with E-state index in [4.69, 9.17) is 4.74 Å². The summed E-state index contributed by atoms with van der Waals surface area (Å²) in [7, 11) is 1.69. The lowest BCUT2D eigenvalue weighted by molar-refractivity contribution is -0.135. The summed E-state index contributed by atoms with van der Waals surface area (Å²) < 4.78 is 5.22. The molecule has 0 aromatic heterocycles. The maximum atomic E-state index is 12.6. The lowest BCUT2D eigenvalue weighted by Gasteiger charge is -2.34. The van der Waals surface area contributed by atoms with Gasteiger partial charge >= 0.3 is 0 Å². The lowest BCUT2D eigenvalue weighted by Crippen LogP contribution is -2.46. The van der Waals surface area contributed by atoms with Gasteiger partial charge in [0, 0.05) is 32.6 Å². The first-order valence-electron chi connectivity index (χ1n) is 11.0. The molecule has 3 rings (SSSR count). The van der Waals surface area contributed by atoms with Crippen molar-refractivity contribution in [2.75, 3.05) is 39.8 Å². The molecule has 1 atom stereocenters. The number of nitrogens with zero attached hydrogens (tertiary/aromatic N) is 2. The molecule has 1 N–H and O–H groups in total. The highest BCUT2D eigenvalue weighted by molar-refractivity contribution is 5.81. The van der Waals surface area contributed by atoms with Gasteiger partial charge in [-0.2, -0.15) is 0 Å². The maximum Gasteiger partial charge on any atom is 0.224 e. The quantitative estimate of drug-likeness (QED) is 0.763. The van der Waals surface area contributed by atoms with E-state index in [1.165, 1.54) is 5.56 Å². The van der Waals surface area contributed by atoms with Crippen LogP contribution in [0.4, 0.5) is 0 Å². The minimum absolute atomic E-state index is 0.0468. The van der Waals surface area contributed by atoms with Gasteiger partial charge in [0.2, 0.25) is 11.8 Å². The number of nitrogens with one attached hydrogen (secondary N) is 1. The minimum atomic E-state index is -0.0468. The van der Waals surface area contributed by atoms with E-state index in [1.807, 2.05) is 24.0 Å². The molecule has 6 heteroatoms. The first kappa shape index (κ1) is 21.6. The van der Waals surface area contributed by atoms with Gasteiger partial charge in [-0.1, -0.05) is 19.1 Å². The van der Waals surface area contributed by atoms with Crippen LogP contribution in [0, 0.1) is 11.8 Å². The maximum absolute atomic E-state index is 12.6. The number of methoxy groups -OCH3 is 1. The molecule has 2 saturated heterocycles. The molecule has 29 heavy (non-hydrogen) atoms. The number of likely N-dealkylation sites (tertiary alicyclic amines) is 2. The molecule has 2 heterocycles. The Morgan fingerprint density at radius 3 is 2.48 bits per heavy atom. The van der Waals surface area contributed by atoms with Crippen molar-refractivity contribution in [2.45, 2.75) is 45.6 Å². The average Bonchev–Trinajstić information content (AvgIpc) is 2.78. The molecule has 160 valence electrons. The van der Waals surface area contributed by atoms with Gasteiger partial charge in [0.1, 0.15) is 5.75 Å².